The summed E-state index contributed by atoms with van der Waals surface area (Å²) >= 11 is 0. The van der Waals surface area contributed by atoms with Crippen LogP contribution in [0.15, 0.2) is 68.6 Å². The molecule has 0 radical (unpaired) electrons. The fourth-order valence-electron chi connectivity index (χ4n) is 1.91. The zero-order valence-corrected chi connectivity index (χ0v) is 11.6. The Morgan fingerprint density at radius 1 is 0.762 bits per heavy atom. The van der Waals surface area contributed by atoms with E-state index in [1.54, 1.807) is 24.3 Å². The number of hydrogen-bond donors (Lipinski definition) is 2. The lowest BCUT2D eigenvalue weighted by Crippen LogP contribution is -2.08. The second-order valence-electron chi connectivity index (χ2n) is 4.07. The first-order valence-electron chi connectivity index (χ1n) is 5.89. The third-order valence-electron chi connectivity index (χ3n) is 2.81. The highest BCUT2D eigenvalue weighted by Gasteiger charge is 2.22. The van der Waals surface area contributed by atoms with Crippen LogP contribution in [0.5, 0.6) is 0 Å². The molecule has 108 valence electrons. The monoisotopic (exact) mass is 304 g/mol. The quantitative estimate of drug-likeness (QED) is 0.513. The van der Waals surface area contributed by atoms with E-state index >= 15 is 0 Å². The molecule has 0 saturated heterocycles. The van der Waals surface area contributed by atoms with Crippen molar-refractivity contribution in [2.75, 3.05) is 0 Å². The predicted octanol–water partition coefficient (Wildman–Crippen LogP) is 2.14. The van der Waals surface area contributed by atoms with Gasteiger partial charge in [0.25, 0.3) is 0 Å². The minimum atomic E-state index is -3.85. The first kappa shape index (κ1) is 14.7. The van der Waals surface area contributed by atoms with Gasteiger partial charge in [-0.25, -0.2) is 8.42 Å². The van der Waals surface area contributed by atoms with E-state index in [1.165, 1.54) is 24.3 Å². The van der Waals surface area contributed by atoms with Gasteiger partial charge in [0, 0.05) is 11.1 Å². The van der Waals surface area contributed by atoms with Crippen LogP contribution in [-0.2, 0) is 9.84 Å². The third-order valence-corrected chi connectivity index (χ3v) is 4.71. The van der Waals surface area contributed by atoms with Crippen LogP contribution in [0.4, 0.5) is 0 Å². The lowest BCUT2D eigenvalue weighted by molar-refractivity contribution is 0.321. The molecule has 2 N–H and O–H groups in total. The van der Waals surface area contributed by atoms with Crippen LogP contribution < -0.4 is 0 Å². The smallest absolute Gasteiger partial charge is 0.207 e. The topological polar surface area (TPSA) is 99.3 Å². The molecule has 0 aromatic heterocycles. The molecule has 0 bridgehead atoms. The van der Waals surface area contributed by atoms with Gasteiger partial charge in [-0.15, -0.1) is 0 Å². The predicted molar refractivity (Wildman–Crippen MR) is 77.1 cm³/mol. The van der Waals surface area contributed by atoms with Crippen LogP contribution in [-0.4, -0.2) is 31.3 Å². The van der Waals surface area contributed by atoms with E-state index < -0.39 is 9.84 Å². The van der Waals surface area contributed by atoms with E-state index in [2.05, 4.69) is 10.3 Å². The van der Waals surface area contributed by atoms with Crippen LogP contribution in [0.2, 0.25) is 0 Å². The maximum absolute atomic E-state index is 12.7. The maximum Gasteiger partial charge on any atom is 0.207 e. The molecule has 2 aromatic carbocycles. The molecule has 0 spiro atoms. The van der Waals surface area contributed by atoms with Crippen molar-refractivity contribution in [1.29, 1.82) is 0 Å². The Balaban J connectivity index is 2.69. The van der Waals surface area contributed by atoms with Crippen LogP contribution in [0.1, 0.15) is 11.1 Å². The van der Waals surface area contributed by atoms with Crippen molar-refractivity contribution >= 4 is 22.3 Å². The average molecular weight is 304 g/mol. The van der Waals surface area contributed by atoms with Crippen molar-refractivity contribution in [2.24, 2.45) is 10.3 Å². The molecule has 21 heavy (non-hydrogen) atoms. The van der Waals surface area contributed by atoms with Gasteiger partial charge >= 0.3 is 0 Å². The van der Waals surface area contributed by atoms with Crippen LogP contribution in [0.25, 0.3) is 0 Å². The fraction of sp³-hybridized carbons (Fsp3) is 0. The summed E-state index contributed by atoms with van der Waals surface area (Å²) in [7, 11) is -3.85. The molecule has 0 aliphatic heterocycles. The van der Waals surface area contributed by atoms with Gasteiger partial charge in [0.05, 0.1) is 22.2 Å². The van der Waals surface area contributed by atoms with Gasteiger partial charge in [0.1, 0.15) is 0 Å². The molecule has 0 fully saturated rings. The van der Waals surface area contributed by atoms with Gasteiger partial charge < -0.3 is 10.4 Å². The van der Waals surface area contributed by atoms with Crippen molar-refractivity contribution in [1.82, 2.24) is 0 Å². The van der Waals surface area contributed by atoms with Gasteiger partial charge in [-0.2, -0.15) is 0 Å². The molecular weight excluding hydrogens is 292 g/mol. The minimum Gasteiger partial charge on any atom is -0.411 e. The lowest BCUT2D eigenvalue weighted by atomic mass is 10.2. The molecule has 0 amide bonds. The molecular formula is C14H12N2O4S. The zero-order valence-electron chi connectivity index (χ0n) is 10.8. The largest absolute Gasteiger partial charge is 0.411 e. The second kappa shape index (κ2) is 6.19. The SMILES string of the molecule is O=S(=O)(c1ccccc1C=NO)c1ccccc1C=NO. The normalized spacial score (nSPS) is 12.2. The summed E-state index contributed by atoms with van der Waals surface area (Å²) in [4.78, 5) is 0.00294. The van der Waals surface area contributed by atoms with E-state index in [9.17, 15) is 8.42 Å². The zero-order chi connectivity index (χ0) is 15.3. The Morgan fingerprint density at radius 3 is 1.52 bits per heavy atom. The van der Waals surface area contributed by atoms with E-state index in [0.29, 0.717) is 0 Å². The van der Waals surface area contributed by atoms with Crippen molar-refractivity contribution in [2.45, 2.75) is 9.79 Å². The Labute approximate surface area is 121 Å². The summed E-state index contributed by atoms with van der Waals surface area (Å²) in [5, 5.41) is 23.0. The number of oxime groups is 2. The molecule has 0 aliphatic rings. The standard InChI is InChI=1S/C14H12N2O4S/c17-15-9-11-5-1-3-7-13(11)21(19,20)14-8-4-2-6-12(14)10-16-18/h1-10,17-18H. The van der Waals surface area contributed by atoms with Crippen molar-refractivity contribution in [3.05, 3.63) is 59.7 Å². The van der Waals surface area contributed by atoms with Crippen LogP contribution in [0.3, 0.4) is 0 Å². The van der Waals surface area contributed by atoms with Gasteiger partial charge in [0.2, 0.25) is 9.84 Å². The Kier molecular flexibility index (Phi) is 4.34. The molecule has 7 heteroatoms. The third kappa shape index (κ3) is 2.92. The average Bonchev–Trinajstić information content (AvgIpc) is 2.49. The maximum atomic E-state index is 12.7. The molecule has 6 nitrogen and oxygen atoms in total. The molecule has 0 saturated carbocycles. The number of nitrogens with zero attached hydrogens (tertiary/aromatic N) is 2. The molecule has 0 unspecified atom stereocenters. The van der Waals surface area contributed by atoms with Crippen LogP contribution >= 0.6 is 0 Å². The first-order chi connectivity index (χ1) is 10.1. The summed E-state index contributed by atoms with van der Waals surface area (Å²) in [5.41, 5.74) is 0.520. The summed E-state index contributed by atoms with van der Waals surface area (Å²) in [5.74, 6) is 0. The van der Waals surface area contributed by atoms with Crippen molar-refractivity contribution in [3.63, 3.8) is 0 Å². The summed E-state index contributed by atoms with van der Waals surface area (Å²) in [6.45, 7) is 0. The molecule has 2 rings (SSSR count). The lowest BCUT2D eigenvalue weighted by Gasteiger charge is -2.09. The number of sulfone groups is 1. The van der Waals surface area contributed by atoms with Gasteiger partial charge in [-0.05, 0) is 12.1 Å². The van der Waals surface area contributed by atoms with E-state index in [1.807, 2.05) is 0 Å². The minimum absolute atomic E-state index is 0.00147. The van der Waals surface area contributed by atoms with Gasteiger partial charge in [-0.3, -0.25) is 0 Å². The molecule has 0 aliphatic carbocycles. The highest BCUT2D eigenvalue weighted by atomic mass is 32.2. The summed E-state index contributed by atoms with van der Waals surface area (Å²) < 4.78 is 25.5. The summed E-state index contributed by atoms with van der Waals surface area (Å²) in [6, 6.07) is 12.3. The highest BCUT2D eigenvalue weighted by Crippen LogP contribution is 2.25. The number of hydrogen-bond acceptors (Lipinski definition) is 6. The second-order valence-corrected chi connectivity index (χ2v) is 5.95. The molecule has 0 heterocycles. The van der Waals surface area contributed by atoms with E-state index in [-0.39, 0.29) is 20.9 Å². The summed E-state index contributed by atoms with van der Waals surface area (Å²) in [6.07, 6.45) is 2.10. The first-order valence-corrected chi connectivity index (χ1v) is 7.37. The Morgan fingerprint density at radius 2 is 1.14 bits per heavy atom. The van der Waals surface area contributed by atoms with E-state index in [0.717, 1.165) is 12.4 Å². The highest BCUT2D eigenvalue weighted by molar-refractivity contribution is 7.91. The number of benzene rings is 2. The molecule has 0 atom stereocenters. The van der Waals surface area contributed by atoms with Gasteiger partial charge in [0.15, 0.2) is 0 Å². The Bertz CT molecular complexity index is 737. The van der Waals surface area contributed by atoms with Crippen molar-refractivity contribution in [3.8, 4) is 0 Å². The van der Waals surface area contributed by atoms with Crippen molar-refractivity contribution < 1.29 is 18.8 Å². The van der Waals surface area contributed by atoms with Crippen LogP contribution in [0, 0.1) is 0 Å². The Hall–Kier alpha value is -2.67. The van der Waals surface area contributed by atoms with Gasteiger partial charge in [-0.1, -0.05) is 46.7 Å². The fourth-order valence-corrected chi connectivity index (χ4v) is 3.52. The number of rotatable bonds is 4. The van der Waals surface area contributed by atoms with E-state index in [4.69, 9.17) is 10.4 Å². The molecule has 2 aromatic rings.